The van der Waals surface area contributed by atoms with Crippen molar-refractivity contribution < 1.29 is 24.3 Å². The second-order valence-corrected chi connectivity index (χ2v) is 10.9. The Morgan fingerprint density at radius 1 is 0.977 bits per heavy atom. The summed E-state index contributed by atoms with van der Waals surface area (Å²) in [5.74, 6) is -2.13. The maximum absolute atomic E-state index is 13.6. The number of likely N-dealkylation sites (tertiary alicyclic amines) is 1. The van der Waals surface area contributed by atoms with E-state index in [1.807, 2.05) is 60.7 Å². The molecule has 0 aromatic heterocycles. The lowest BCUT2D eigenvalue weighted by Crippen LogP contribution is -2.55. The number of guanidine groups is 1. The first kappa shape index (κ1) is 33.2. The van der Waals surface area contributed by atoms with Crippen LogP contribution in [0, 0.1) is 11.3 Å². The van der Waals surface area contributed by atoms with E-state index < -0.39 is 42.4 Å². The zero-order chi connectivity index (χ0) is 30.1. The molecule has 1 heterocycles. The highest BCUT2D eigenvalue weighted by Gasteiger charge is 2.38. The van der Waals surface area contributed by atoms with Crippen molar-refractivity contribution in [2.45, 2.75) is 50.2 Å². The number of benzene rings is 2. The van der Waals surface area contributed by atoms with Gasteiger partial charge in [-0.2, -0.15) is 0 Å². The van der Waals surface area contributed by atoms with Crippen molar-refractivity contribution in [3.63, 3.8) is 0 Å². The molecule has 1 saturated heterocycles. The number of carboxylic acid groups (broad SMARTS) is 1. The van der Waals surface area contributed by atoms with Crippen LogP contribution in [0.3, 0.4) is 0 Å². The number of amides is 4. The Labute approximate surface area is 257 Å². The molecule has 43 heavy (non-hydrogen) atoms. The highest BCUT2D eigenvalue weighted by molar-refractivity contribution is 5.93. The van der Waals surface area contributed by atoms with Gasteiger partial charge in [0, 0.05) is 25.7 Å². The molecule has 1 aliphatic carbocycles. The Hall–Kier alpha value is -4.32. The van der Waals surface area contributed by atoms with Gasteiger partial charge in [0.25, 0.3) is 0 Å². The number of hydrogen-bond acceptors (Lipinski definition) is 5. The van der Waals surface area contributed by atoms with Gasteiger partial charge in [0.05, 0.1) is 12.5 Å². The van der Waals surface area contributed by atoms with E-state index in [9.17, 15) is 24.3 Å². The third-order valence-corrected chi connectivity index (χ3v) is 7.56. The molecule has 2 atom stereocenters. The quantitative estimate of drug-likeness (QED) is 0.156. The first-order chi connectivity index (χ1) is 20.2. The van der Waals surface area contributed by atoms with Crippen LogP contribution in [0.5, 0.6) is 0 Å². The number of nitrogens with two attached hydrogens (primary N) is 1. The first-order valence-electron chi connectivity index (χ1n) is 14.3. The predicted molar refractivity (Wildman–Crippen MR) is 164 cm³/mol. The molecule has 4 rings (SSSR count). The van der Waals surface area contributed by atoms with Gasteiger partial charge in [0.15, 0.2) is 5.96 Å². The molecule has 2 aromatic carbocycles. The number of carbonyl (C=O) groups excluding carboxylic acids is 3. The molecule has 13 heteroatoms. The average Bonchev–Trinajstić information content (AvgIpc) is 3.83. The standard InChI is InChI=1S/C30H39N7O5.ClH/c31-29(32)36-15-7-8-20(18-36)17-33-25(38)16-24(28(41)37(19-26(39)40)23-13-14-23)34-30(42)35-27(21-9-3-1-4-10-21)22-11-5-2-6-12-22;/h1-6,9-12,20,23-24,27H,7-8,13-19H2,(H3,31,32)(H,33,38)(H,39,40)(H2,34,35,42);1H/t20-,24-;/m0./s1. The van der Waals surface area contributed by atoms with Crippen LogP contribution < -0.4 is 21.7 Å². The second kappa shape index (κ2) is 15.8. The smallest absolute Gasteiger partial charge is 0.323 e. The van der Waals surface area contributed by atoms with Gasteiger partial charge in [0.2, 0.25) is 11.8 Å². The molecule has 12 nitrogen and oxygen atoms in total. The van der Waals surface area contributed by atoms with Crippen molar-refractivity contribution in [3.8, 4) is 0 Å². The molecule has 1 saturated carbocycles. The van der Waals surface area contributed by atoms with Crippen LogP contribution in [0.4, 0.5) is 4.79 Å². The van der Waals surface area contributed by atoms with E-state index >= 15 is 0 Å². The van der Waals surface area contributed by atoms with Gasteiger partial charge in [-0.05, 0) is 42.7 Å². The van der Waals surface area contributed by atoms with Crippen molar-refractivity contribution in [1.29, 1.82) is 5.41 Å². The van der Waals surface area contributed by atoms with Crippen LogP contribution in [-0.2, 0) is 14.4 Å². The highest BCUT2D eigenvalue weighted by atomic mass is 35.5. The lowest BCUT2D eigenvalue weighted by atomic mass is 9.98. The SMILES string of the molecule is Cl.N=C(N)N1CCC[C@@H](CNC(=O)C[C@H](NC(=O)NC(c2ccccc2)c2ccccc2)C(=O)N(CC(=O)O)C2CC2)C1. The van der Waals surface area contributed by atoms with Crippen LogP contribution in [0.1, 0.15) is 49.3 Å². The van der Waals surface area contributed by atoms with Crippen molar-refractivity contribution in [3.05, 3.63) is 71.8 Å². The fourth-order valence-corrected chi connectivity index (χ4v) is 5.27. The topological polar surface area (TPSA) is 181 Å². The largest absolute Gasteiger partial charge is 0.480 e. The van der Waals surface area contributed by atoms with E-state index in [-0.39, 0.29) is 36.7 Å². The number of carboxylic acids is 1. The molecule has 0 radical (unpaired) electrons. The minimum atomic E-state index is -1.27. The molecule has 7 N–H and O–H groups in total. The van der Waals surface area contributed by atoms with Gasteiger partial charge in [0.1, 0.15) is 12.6 Å². The van der Waals surface area contributed by atoms with Gasteiger partial charge < -0.3 is 36.6 Å². The van der Waals surface area contributed by atoms with Crippen molar-refractivity contribution in [1.82, 2.24) is 25.8 Å². The summed E-state index contributed by atoms with van der Waals surface area (Å²) >= 11 is 0. The minimum absolute atomic E-state index is 0. The zero-order valence-corrected chi connectivity index (χ0v) is 24.7. The number of nitrogens with zero attached hydrogens (tertiary/aromatic N) is 2. The normalized spacial score (nSPS) is 16.8. The molecular weight excluding hydrogens is 574 g/mol. The number of aliphatic carboxylic acids is 1. The number of piperidine rings is 1. The van der Waals surface area contributed by atoms with Gasteiger partial charge in [-0.25, -0.2) is 4.79 Å². The summed E-state index contributed by atoms with van der Waals surface area (Å²) in [6.45, 7) is 1.07. The minimum Gasteiger partial charge on any atom is -0.480 e. The zero-order valence-electron chi connectivity index (χ0n) is 23.9. The van der Waals surface area contributed by atoms with Crippen molar-refractivity contribution in [2.24, 2.45) is 11.7 Å². The van der Waals surface area contributed by atoms with Crippen molar-refractivity contribution >= 4 is 42.2 Å². The van der Waals surface area contributed by atoms with Gasteiger partial charge in [-0.1, -0.05) is 60.7 Å². The van der Waals surface area contributed by atoms with E-state index in [2.05, 4.69) is 16.0 Å². The molecule has 232 valence electrons. The highest BCUT2D eigenvalue weighted by Crippen LogP contribution is 2.28. The summed E-state index contributed by atoms with van der Waals surface area (Å²) in [6.07, 6.45) is 2.70. The lowest BCUT2D eigenvalue weighted by molar-refractivity contribution is -0.146. The van der Waals surface area contributed by atoms with E-state index in [4.69, 9.17) is 11.1 Å². The van der Waals surface area contributed by atoms with Crippen LogP contribution in [-0.4, -0.2) is 82.9 Å². The first-order valence-corrected chi connectivity index (χ1v) is 14.3. The molecule has 0 bridgehead atoms. The van der Waals surface area contributed by atoms with E-state index in [0.29, 0.717) is 32.5 Å². The third kappa shape index (κ3) is 9.88. The summed E-state index contributed by atoms with van der Waals surface area (Å²) < 4.78 is 0. The van der Waals surface area contributed by atoms with E-state index in [0.717, 1.165) is 24.0 Å². The molecule has 0 spiro atoms. The summed E-state index contributed by atoms with van der Waals surface area (Å²) in [7, 11) is 0. The Morgan fingerprint density at radius 2 is 1.58 bits per heavy atom. The molecule has 4 amide bonds. The number of urea groups is 1. The summed E-state index contributed by atoms with van der Waals surface area (Å²) in [5.41, 5.74) is 7.28. The molecule has 1 aliphatic heterocycles. The lowest BCUT2D eigenvalue weighted by Gasteiger charge is -2.33. The summed E-state index contributed by atoms with van der Waals surface area (Å²) in [5, 5.41) is 25.5. The van der Waals surface area contributed by atoms with E-state index in [1.54, 1.807) is 4.90 Å². The maximum Gasteiger partial charge on any atom is 0.323 e. The van der Waals surface area contributed by atoms with Crippen LogP contribution >= 0.6 is 12.4 Å². The third-order valence-electron chi connectivity index (χ3n) is 7.56. The fraction of sp³-hybridized carbons (Fsp3) is 0.433. The Bertz CT molecular complexity index is 1220. The average molecular weight is 614 g/mol. The van der Waals surface area contributed by atoms with Gasteiger partial charge >= 0.3 is 12.0 Å². The number of carbonyl (C=O) groups is 4. The van der Waals surface area contributed by atoms with Crippen LogP contribution in [0.15, 0.2) is 60.7 Å². The number of nitrogens with one attached hydrogen (secondary N) is 4. The summed E-state index contributed by atoms with van der Waals surface area (Å²) in [4.78, 5) is 54.5. The molecule has 2 fully saturated rings. The monoisotopic (exact) mass is 613 g/mol. The van der Waals surface area contributed by atoms with Crippen LogP contribution in [0.2, 0.25) is 0 Å². The summed E-state index contributed by atoms with van der Waals surface area (Å²) in [6, 6.07) is 16.1. The number of rotatable bonds is 12. The van der Waals surface area contributed by atoms with Gasteiger partial charge in [-0.15, -0.1) is 12.4 Å². The predicted octanol–water partition coefficient (Wildman–Crippen LogP) is 2.05. The number of hydrogen-bond donors (Lipinski definition) is 6. The number of halogens is 1. The Balaban J connectivity index is 0.00000506. The Morgan fingerprint density at radius 3 is 2.12 bits per heavy atom. The Kier molecular flexibility index (Phi) is 12.2. The van der Waals surface area contributed by atoms with Crippen LogP contribution in [0.25, 0.3) is 0 Å². The molecule has 0 unspecified atom stereocenters. The fourth-order valence-electron chi connectivity index (χ4n) is 5.27. The van der Waals surface area contributed by atoms with E-state index in [1.165, 1.54) is 4.90 Å². The van der Waals surface area contributed by atoms with Crippen molar-refractivity contribution in [2.75, 3.05) is 26.2 Å². The maximum atomic E-state index is 13.6. The molecule has 2 aromatic rings. The molecule has 2 aliphatic rings. The molecular formula is C30H40ClN7O5. The second-order valence-electron chi connectivity index (χ2n) is 10.9. The van der Waals surface area contributed by atoms with Gasteiger partial charge in [-0.3, -0.25) is 19.8 Å².